The molecule has 0 saturated carbocycles. The van der Waals surface area contributed by atoms with Crippen molar-refractivity contribution in [3.63, 3.8) is 0 Å². The molecule has 2 nitrogen and oxygen atoms in total. The van der Waals surface area contributed by atoms with Crippen LogP contribution >= 0.6 is 15.9 Å². The second-order valence-electron chi connectivity index (χ2n) is 4.69. The van der Waals surface area contributed by atoms with Crippen LogP contribution in [0.1, 0.15) is 31.7 Å². The van der Waals surface area contributed by atoms with Crippen molar-refractivity contribution in [1.29, 1.82) is 0 Å². The van der Waals surface area contributed by atoms with Crippen LogP contribution in [-0.2, 0) is 0 Å². The third kappa shape index (κ3) is 2.18. The van der Waals surface area contributed by atoms with Crippen molar-refractivity contribution in [2.75, 3.05) is 6.61 Å². The second-order valence-corrected chi connectivity index (χ2v) is 5.61. The van der Waals surface area contributed by atoms with Crippen molar-refractivity contribution in [1.82, 2.24) is 0 Å². The van der Waals surface area contributed by atoms with Gasteiger partial charge < -0.3 is 10.5 Å². The van der Waals surface area contributed by atoms with E-state index in [1.54, 1.807) is 0 Å². The van der Waals surface area contributed by atoms with Crippen molar-refractivity contribution in [3.05, 3.63) is 28.2 Å². The van der Waals surface area contributed by atoms with Crippen LogP contribution in [-0.4, -0.2) is 12.1 Å². The maximum Gasteiger partial charge on any atom is 0.123 e. The van der Waals surface area contributed by atoms with E-state index in [0.717, 1.165) is 23.2 Å². The van der Waals surface area contributed by atoms with Crippen molar-refractivity contribution in [2.24, 2.45) is 5.73 Å². The molecule has 2 rings (SSSR count). The topological polar surface area (TPSA) is 35.2 Å². The summed E-state index contributed by atoms with van der Waals surface area (Å²) in [5.74, 6) is 1.36. The molecule has 0 bridgehead atoms. The summed E-state index contributed by atoms with van der Waals surface area (Å²) in [7, 11) is 0. The lowest BCUT2D eigenvalue weighted by molar-refractivity contribution is 0.233. The van der Waals surface area contributed by atoms with Crippen molar-refractivity contribution in [2.45, 2.75) is 31.7 Å². The van der Waals surface area contributed by atoms with Crippen molar-refractivity contribution in [3.8, 4) is 5.75 Å². The van der Waals surface area contributed by atoms with Crippen LogP contribution in [0.5, 0.6) is 5.75 Å². The van der Waals surface area contributed by atoms with Gasteiger partial charge in [0.15, 0.2) is 0 Å². The highest BCUT2D eigenvalue weighted by molar-refractivity contribution is 9.10. The van der Waals surface area contributed by atoms with Crippen LogP contribution in [0.25, 0.3) is 0 Å². The lowest BCUT2D eigenvalue weighted by Gasteiger charge is -2.35. The maximum atomic E-state index is 6.20. The molecule has 0 aromatic heterocycles. The standard InChI is InChI=1S/C12H16BrNO/c1-12(2,14)10-5-6-15-11-7-8(13)3-4-9(10)11/h3-4,7,10H,5-6,14H2,1-2H3. The molecule has 1 aromatic carbocycles. The van der Waals surface area contributed by atoms with E-state index in [0.29, 0.717) is 5.92 Å². The SMILES string of the molecule is CC(C)(N)C1CCOc2cc(Br)ccc21. The fourth-order valence-corrected chi connectivity index (χ4v) is 2.48. The average Bonchev–Trinajstić information content (AvgIpc) is 2.15. The highest BCUT2D eigenvalue weighted by Crippen LogP contribution is 2.40. The van der Waals surface area contributed by atoms with Gasteiger partial charge in [0.05, 0.1) is 6.61 Å². The predicted octanol–water partition coefficient (Wildman–Crippen LogP) is 3.05. The molecule has 82 valence electrons. The minimum Gasteiger partial charge on any atom is -0.493 e. The molecule has 1 aromatic rings. The third-order valence-corrected chi connectivity index (χ3v) is 3.41. The van der Waals surface area contributed by atoms with Gasteiger partial charge in [-0.3, -0.25) is 0 Å². The molecule has 1 heterocycles. The highest BCUT2D eigenvalue weighted by Gasteiger charge is 2.31. The van der Waals surface area contributed by atoms with E-state index in [4.69, 9.17) is 10.5 Å². The number of benzene rings is 1. The minimum atomic E-state index is -0.188. The largest absolute Gasteiger partial charge is 0.493 e. The van der Waals surface area contributed by atoms with Crippen LogP contribution in [0, 0.1) is 0 Å². The summed E-state index contributed by atoms with van der Waals surface area (Å²) in [5, 5.41) is 0. The summed E-state index contributed by atoms with van der Waals surface area (Å²) in [5.41, 5.74) is 7.24. The van der Waals surface area contributed by atoms with Gasteiger partial charge >= 0.3 is 0 Å². The first kappa shape index (κ1) is 11.0. The molecule has 3 heteroatoms. The molecule has 0 spiro atoms. The first-order valence-electron chi connectivity index (χ1n) is 5.19. The summed E-state index contributed by atoms with van der Waals surface area (Å²) in [6.45, 7) is 4.92. The minimum absolute atomic E-state index is 0.188. The van der Waals surface area contributed by atoms with Gasteiger partial charge in [0.1, 0.15) is 5.75 Å². The molecular formula is C12H16BrNO. The Bertz CT molecular complexity index is 370. The van der Waals surface area contributed by atoms with Gasteiger partial charge in [0, 0.05) is 15.9 Å². The summed E-state index contributed by atoms with van der Waals surface area (Å²) < 4.78 is 6.70. The second kappa shape index (κ2) is 3.80. The quantitative estimate of drug-likeness (QED) is 0.851. The Morgan fingerprint density at radius 3 is 2.87 bits per heavy atom. The van der Waals surface area contributed by atoms with Gasteiger partial charge in [-0.1, -0.05) is 22.0 Å². The number of ether oxygens (including phenoxy) is 1. The highest BCUT2D eigenvalue weighted by atomic mass is 79.9. The van der Waals surface area contributed by atoms with E-state index in [1.165, 1.54) is 5.56 Å². The Hall–Kier alpha value is -0.540. The normalized spacial score (nSPS) is 20.7. The van der Waals surface area contributed by atoms with Crippen molar-refractivity contribution >= 4 is 15.9 Å². The number of halogens is 1. The molecule has 1 aliphatic heterocycles. The summed E-state index contributed by atoms with van der Waals surface area (Å²) in [6.07, 6.45) is 0.998. The summed E-state index contributed by atoms with van der Waals surface area (Å²) in [4.78, 5) is 0. The Labute approximate surface area is 98.9 Å². The van der Waals surface area contributed by atoms with Crippen LogP contribution < -0.4 is 10.5 Å². The zero-order chi connectivity index (χ0) is 11.1. The molecule has 0 fully saturated rings. The van der Waals surface area contributed by atoms with Crippen molar-refractivity contribution < 1.29 is 4.74 Å². The van der Waals surface area contributed by atoms with E-state index < -0.39 is 0 Å². The van der Waals surface area contributed by atoms with E-state index in [-0.39, 0.29) is 5.54 Å². The number of hydrogen-bond donors (Lipinski definition) is 1. The molecule has 1 unspecified atom stereocenters. The molecule has 2 N–H and O–H groups in total. The Morgan fingerprint density at radius 1 is 1.47 bits per heavy atom. The van der Waals surface area contributed by atoms with Gasteiger partial charge in [-0.2, -0.15) is 0 Å². The fraction of sp³-hybridized carbons (Fsp3) is 0.500. The Morgan fingerprint density at radius 2 is 2.20 bits per heavy atom. The monoisotopic (exact) mass is 269 g/mol. The number of hydrogen-bond acceptors (Lipinski definition) is 2. The van der Waals surface area contributed by atoms with Crippen LogP contribution in [0.4, 0.5) is 0 Å². The zero-order valence-corrected chi connectivity index (χ0v) is 10.7. The molecule has 0 amide bonds. The molecule has 0 saturated heterocycles. The zero-order valence-electron chi connectivity index (χ0n) is 9.09. The van der Waals surface area contributed by atoms with Gasteiger partial charge in [-0.25, -0.2) is 0 Å². The molecule has 0 aliphatic carbocycles. The van der Waals surface area contributed by atoms with E-state index >= 15 is 0 Å². The van der Waals surface area contributed by atoms with Crippen LogP contribution in [0.2, 0.25) is 0 Å². The molecule has 15 heavy (non-hydrogen) atoms. The van der Waals surface area contributed by atoms with E-state index in [9.17, 15) is 0 Å². The molecule has 0 radical (unpaired) electrons. The van der Waals surface area contributed by atoms with E-state index in [1.807, 2.05) is 12.1 Å². The number of rotatable bonds is 1. The molecular weight excluding hydrogens is 254 g/mol. The lowest BCUT2D eigenvalue weighted by Crippen LogP contribution is -2.41. The Balaban J connectivity index is 2.43. The molecule has 1 aliphatic rings. The van der Waals surface area contributed by atoms with Gasteiger partial charge in [-0.15, -0.1) is 0 Å². The first-order valence-corrected chi connectivity index (χ1v) is 5.99. The number of nitrogens with two attached hydrogens (primary N) is 1. The number of fused-ring (bicyclic) bond motifs is 1. The lowest BCUT2D eigenvalue weighted by atomic mass is 9.79. The average molecular weight is 270 g/mol. The van der Waals surface area contributed by atoms with Gasteiger partial charge in [0.2, 0.25) is 0 Å². The smallest absolute Gasteiger partial charge is 0.123 e. The maximum absolute atomic E-state index is 6.20. The Kier molecular flexibility index (Phi) is 2.77. The third-order valence-electron chi connectivity index (χ3n) is 2.91. The summed E-state index contributed by atoms with van der Waals surface area (Å²) in [6, 6.07) is 6.18. The van der Waals surface area contributed by atoms with E-state index in [2.05, 4.69) is 35.8 Å². The first-order chi connectivity index (χ1) is 6.98. The molecule has 1 atom stereocenters. The van der Waals surface area contributed by atoms with Gasteiger partial charge in [0.25, 0.3) is 0 Å². The van der Waals surface area contributed by atoms with Gasteiger partial charge in [-0.05, 0) is 38.0 Å². The summed E-state index contributed by atoms with van der Waals surface area (Å²) >= 11 is 3.45. The van der Waals surface area contributed by atoms with Crippen LogP contribution in [0.15, 0.2) is 22.7 Å². The fourth-order valence-electron chi connectivity index (χ4n) is 2.14. The predicted molar refractivity (Wildman–Crippen MR) is 65.3 cm³/mol. The van der Waals surface area contributed by atoms with Crippen LogP contribution in [0.3, 0.4) is 0 Å².